The lowest BCUT2D eigenvalue weighted by Crippen LogP contribution is -2.00. The number of hydrogen-bond acceptors (Lipinski definition) is 4. The van der Waals surface area contributed by atoms with Crippen LogP contribution in [0, 0.1) is 6.92 Å². The first-order chi connectivity index (χ1) is 5.27. The molecule has 0 unspecified atom stereocenters. The van der Waals surface area contributed by atoms with Crippen molar-refractivity contribution in [3.8, 4) is 0 Å². The highest BCUT2D eigenvalue weighted by Gasteiger charge is 2.14. The fraction of sp³-hybridized carbons (Fsp3) is 0.429. The van der Waals surface area contributed by atoms with Crippen LogP contribution in [0.3, 0.4) is 0 Å². The molecule has 2 heterocycles. The number of fused-ring (bicyclic) bond motifs is 1. The lowest BCUT2D eigenvalue weighted by Gasteiger charge is -2.01. The maximum Gasteiger partial charge on any atom is 0.222 e. The van der Waals surface area contributed by atoms with Gasteiger partial charge in [-0.1, -0.05) is 0 Å². The van der Waals surface area contributed by atoms with Crippen LogP contribution in [0.2, 0.25) is 0 Å². The van der Waals surface area contributed by atoms with Crippen molar-refractivity contribution in [2.24, 2.45) is 0 Å². The molecule has 3 N–H and O–H groups in total. The highest BCUT2D eigenvalue weighted by atomic mass is 15.1. The minimum atomic E-state index is 0.357. The molecule has 0 aliphatic carbocycles. The Morgan fingerprint density at radius 2 is 2.27 bits per heavy atom. The van der Waals surface area contributed by atoms with Crippen LogP contribution in [-0.4, -0.2) is 16.5 Å². The zero-order valence-corrected chi connectivity index (χ0v) is 6.39. The summed E-state index contributed by atoms with van der Waals surface area (Å²) in [6, 6.07) is 0. The topological polar surface area (TPSA) is 63.8 Å². The second-order valence-corrected chi connectivity index (χ2v) is 2.67. The van der Waals surface area contributed by atoms with Gasteiger partial charge in [0.25, 0.3) is 0 Å². The van der Waals surface area contributed by atoms with Crippen LogP contribution in [0.4, 0.5) is 11.8 Å². The second kappa shape index (κ2) is 2.08. The van der Waals surface area contributed by atoms with Crippen LogP contribution in [-0.2, 0) is 6.42 Å². The van der Waals surface area contributed by atoms with Gasteiger partial charge in [-0.05, 0) is 13.3 Å². The van der Waals surface area contributed by atoms with Gasteiger partial charge in [0.05, 0.1) is 0 Å². The standard InChI is InChI=1S/C7H10N4/c1-4-5-2-3-9-6(5)11-7(8)10-4/h2-3H2,1H3,(H3,8,9,10,11). The van der Waals surface area contributed by atoms with Gasteiger partial charge in [-0.3, -0.25) is 0 Å². The summed E-state index contributed by atoms with van der Waals surface area (Å²) in [5.41, 5.74) is 7.67. The van der Waals surface area contributed by atoms with Gasteiger partial charge in [0.1, 0.15) is 5.82 Å². The summed E-state index contributed by atoms with van der Waals surface area (Å²) in [7, 11) is 0. The number of nitrogen functional groups attached to an aromatic ring is 1. The van der Waals surface area contributed by atoms with Crippen molar-refractivity contribution < 1.29 is 0 Å². The highest BCUT2D eigenvalue weighted by molar-refractivity contribution is 5.53. The first kappa shape index (κ1) is 6.39. The average molecular weight is 150 g/mol. The SMILES string of the molecule is Cc1nc(N)nc2c1CCN2. The predicted octanol–water partition coefficient (Wildman–Crippen LogP) is 0.335. The van der Waals surface area contributed by atoms with E-state index in [1.807, 2.05) is 6.92 Å². The van der Waals surface area contributed by atoms with Crippen molar-refractivity contribution in [3.05, 3.63) is 11.3 Å². The van der Waals surface area contributed by atoms with Gasteiger partial charge in [0, 0.05) is 17.8 Å². The van der Waals surface area contributed by atoms with E-state index in [0.717, 1.165) is 24.5 Å². The Kier molecular flexibility index (Phi) is 1.21. The Labute approximate surface area is 64.8 Å². The Balaban J connectivity index is 2.60. The summed E-state index contributed by atoms with van der Waals surface area (Å²) in [6.07, 6.45) is 1.02. The molecule has 0 aromatic carbocycles. The van der Waals surface area contributed by atoms with Crippen molar-refractivity contribution in [2.75, 3.05) is 17.6 Å². The lowest BCUT2D eigenvalue weighted by atomic mass is 10.2. The van der Waals surface area contributed by atoms with Gasteiger partial charge in [0.2, 0.25) is 5.95 Å². The molecule has 0 atom stereocenters. The zero-order chi connectivity index (χ0) is 7.84. The van der Waals surface area contributed by atoms with Gasteiger partial charge >= 0.3 is 0 Å². The molecule has 0 radical (unpaired) electrons. The molecule has 0 saturated heterocycles. The molecule has 1 aliphatic heterocycles. The molecular weight excluding hydrogens is 140 g/mol. The maximum absolute atomic E-state index is 5.47. The third kappa shape index (κ3) is 0.906. The van der Waals surface area contributed by atoms with Crippen LogP contribution in [0.5, 0.6) is 0 Å². The predicted molar refractivity (Wildman–Crippen MR) is 43.4 cm³/mol. The van der Waals surface area contributed by atoms with Gasteiger partial charge < -0.3 is 11.1 Å². The molecule has 58 valence electrons. The number of nitrogens with one attached hydrogen (secondary N) is 1. The lowest BCUT2D eigenvalue weighted by molar-refractivity contribution is 1.05. The normalized spacial score (nSPS) is 14.3. The maximum atomic E-state index is 5.47. The molecule has 0 saturated carbocycles. The van der Waals surface area contributed by atoms with Gasteiger partial charge in [-0.15, -0.1) is 0 Å². The van der Waals surface area contributed by atoms with Crippen LogP contribution in [0.15, 0.2) is 0 Å². The molecule has 1 aromatic rings. The summed E-state index contributed by atoms with van der Waals surface area (Å²) in [6.45, 7) is 2.91. The Bertz CT molecular complexity index is 295. The third-order valence-corrected chi connectivity index (χ3v) is 1.90. The van der Waals surface area contributed by atoms with Crippen LogP contribution >= 0.6 is 0 Å². The van der Waals surface area contributed by atoms with Gasteiger partial charge in [0.15, 0.2) is 0 Å². The molecule has 0 bridgehead atoms. The third-order valence-electron chi connectivity index (χ3n) is 1.90. The van der Waals surface area contributed by atoms with E-state index < -0.39 is 0 Å². The summed E-state index contributed by atoms with van der Waals surface area (Å²) in [4.78, 5) is 8.14. The van der Waals surface area contributed by atoms with Crippen molar-refractivity contribution in [1.29, 1.82) is 0 Å². The molecule has 4 heteroatoms. The van der Waals surface area contributed by atoms with Crippen molar-refractivity contribution in [2.45, 2.75) is 13.3 Å². The van der Waals surface area contributed by atoms with Crippen LogP contribution < -0.4 is 11.1 Å². The van der Waals surface area contributed by atoms with Crippen molar-refractivity contribution in [1.82, 2.24) is 9.97 Å². The zero-order valence-electron chi connectivity index (χ0n) is 6.39. The van der Waals surface area contributed by atoms with E-state index in [9.17, 15) is 0 Å². The minimum absolute atomic E-state index is 0.357. The highest BCUT2D eigenvalue weighted by Crippen LogP contribution is 2.21. The molecular formula is C7H10N4. The first-order valence-corrected chi connectivity index (χ1v) is 3.64. The van der Waals surface area contributed by atoms with Crippen LogP contribution in [0.1, 0.15) is 11.3 Å². The van der Waals surface area contributed by atoms with E-state index in [1.54, 1.807) is 0 Å². The largest absolute Gasteiger partial charge is 0.369 e. The van der Waals surface area contributed by atoms with E-state index in [-0.39, 0.29) is 0 Å². The van der Waals surface area contributed by atoms with Gasteiger partial charge in [-0.2, -0.15) is 4.98 Å². The van der Waals surface area contributed by atoms with E-state index in [4.69, 9.17) is 5.73 Å². The molecule has 0 spiro atoms. The number of nitrogens with two attached hydrogens (primary N) is 1. The molecule has 0 amide bonds. The molecule has 0 fully saturated rings. The first-order valence-electron chi connectivity index (χ1n) is 3.64. The minimum Gasteiger partial charge on any atom is -0.369 e. The molecule has 11 heavy (non-hydrogen) atoms. The van der Waals surface area contributed by atoms with Gasteiger partial charge in [-0.25, -0.2) is 4.98 Å². The Morgan fingerprint density at radius 1 is 1.45 bits per heavy atom. The number of rotatable bonds is 0. The molecule has 1 aromatic heterocycles. The number of nitrogens with zero attached hydrogens (tertiary/aromatic N) is 2. The summed E-state index contributed by atoms with van der Waals surface area (Å²) >= 11 is 0. The summed E-state index contributed by atoms with van der Waals surface area (Å²) in [5.74, 6) is 1.27. The number of anilines is 2. The smallest absolute Gasteiger partial charge is 0.222 e. The summed E-state index contributed by atoms with van der Waals surface area (Å²) < 4.78 is 0. The monoisotopic (exact) mass is 150 g/mol. The quantitative estimate of drug-likeness (QED) is 0.559. The van der Waals surface area contributed by atoms with E-state index in [1.165, 1.54) is 5.56 Å². The molecule has 2 rings (SSSR count). The van der Waals surface area contributed by atoms with E-state index in [2.05, 4.69) is 15.3 Å². The molecule has 4 nitrogen and oxygen atoms in total. The Hall–Kier alpha value is -1.32. The van der Waals surface area contributed by atoms with Crippen molar-refractivity contribution >= 4 is 11.8 Å². The fourth-order valence-electron chi connectivity index (χ4n) is 1.37. The van der Waals surface area contributed by atoms with Crippen molar-refractivity contribution in [3.63, 3.8) is 0 Å². The number of aromatic nitrogens is 2. The number of hydrogen-bond donors (Lipinski definition) is 2. The second-order valence-electron chi connectivity index (χ2n) is 2.67. The Morgan fingerprint density at radius 3 is 3.09 bits per heavy atom. The summed E-state index contributed by atoms with van der Waals surface area (Å²) in [5, 5.41) is 3.15. The van der Waals surface area contributed by atoms with E-state index >= 15 is 0 Å². The van der Waals surface area contributed by atoms with E-state index in [0.29, 0.717) is 5.95 Å². The van der Waals surface area contributed by atoms with Crippen LogP contribution in [0.25, 0.3) is 0 Å². The molecule has 1 aliphatic rings. The number of aryl methyl sites for hydroxylation is 1. The fourth-order valence-corrected chi connectivity index (χ4v) is 1.37. The average Bonchev–Trinajstić information content (AvgIpc) is 2.34.